The van der Waals surface area contributed by atoms with Gasteiger partial charge in [0.05, 0.1) is 36.0 Å². The summed E-state index contributed by atoms with van der Waals surface area (Å²) in [7, 11) is 0. The number of H-pyrrole nitrogens is 1. The second kappa shape index (κ2) is 7.77. The molecule has 3 saturated heterocycles. The van der Waals surface area contributed by atoms with Gasteiger partial charge in [-0.15, -0.1) is 0 Å². The number of piperidine rings is 1. The van der Waals surface area contributed by atoms with Crippen LogP contribution >= 0.6 is 0 Å². The number of pyridine rings is 2. The topological polar surface area (TPSA) is 74.6 Å². The van der Waals surface area contributed by atoms with Crippen molar-refractivity contribution in [1.82, 2.24) is 29.5 Å². The highest BCUT2D eigenvalue weighted by Gasteiger charge is 2.44. The largest absolute Gasteiger partial charge is 0.378 e. The third-order valence-corrected chi connectivity index (χ3v) is 8.60. The molecule has 0 aliphatic carbocycles. The van der Waals surface area contributed by atoms with E-state index in [4.69, 9.17) is 9.72 Å². The molecule has 4 aromatic heterocycles. The molecule has 35 heavy (non-hydrogen) atoms. The van der Waals surface area contributed by atoms with Gasteiger partial charge in [0.2, 0.25) is 0 Å². The lowest BCUT2D eigenvalue weighted by Crippen LogP contribution is -2.55. The first-order chi connectivity index (χ1) is 17.0. The molecule has 2 bridgehead atoms. The summed E-state index contributed by atoms with van der Waals surface area (Å²) in [6.07, 6.45) is 6.17. The maximum atomic E-state index is 5.48. The van der Waals surface area contributed by atoms with Crippen LogP contribution in [0.15, 0.2) is 24.7 Å². The molecule has 7 rings (SSSR count). The summed E-state index contributed by atoms with van der Waals surface area (Å²) in [4.78, 5) is 18.7. The number of anilines is 1. The number of hydrogen-bond donors (Lipinski definition) is 1. The first-order valence-electron chi connectivity index (χ1n) is 12.9. The highest BCUT2D eigenvalue weighted by atomic mass is 16.5. The van der Waals surface area contributed by atoms with E-state index in [1.165, 1.54) is 36.1 Å². The molecule has 8 heteroatoms. The fraction of sp³-hybridized carbons (Fsp3) is 0.519. The number of rotatable bonds is 4. The molecule has 0 amide bonds. The lowest BCUT2D eigenvalue weighted by Gasteiger charge is -2.42. The van der Waals surface area contributed by atoms with E-state index >= 15 is 0 Å². The zero-order chi connectivity index (χ0) is 23.8. The quantitative estimate of drug-likeness (QED) is 0.484. The fourth-order valence-corrected chi connectivity index (χ4v) is 6.53. The molecule has 3 aliphatic heterocycles. The third-order valence-electron chi connectivity index (χ3n) is 8.60. The summed E-state index contributed by atoms with van der Waals surface area (Å²) in [5, 5.41) is 4.42. The van der Waals surface area contributed by atoms with Gasteiger partial charge in [0.1, 0.15) is 12.1 Å². The molecule has 0 aromatic carbocycles. The number of aryl methyl sites for hydroxylation is 1. The van der Waals surface area contributed by atoms with E-state index in [-0.39, 0.29) is 0 Å². The van der Waals surface area contributed by atoms with Crippen molar-refractivity contribution in [3.63, 3.8) is 0 Å². The Balaban J connectivity index is 1.30. The summed E-state index contributed by atoms with van der Waals surface area (Å²) < 4.78 is 7.37. The smallest absolute Gasteiger partial charge is 0.158 e. The summed E-state index contributed by atoms with van der Waals surface area (Å²) >= 11 is 0. The lowest BCUT2D eigenvalue weighted by atomic mass is 9.95. The van der Waals surface area contributed by atoms with Crippen LogP contribution in [0.4, 0.5) is 5.82 Å². The Labute approximate surface area is 205 Å². The molecular formula is C27H33N7O. The summed E-state index contributed by atoms with van der Waals surface area (Å²) in [5.41, 5.74) is 9.08. The molecule has 2 atom stereocenters. The zero-order valence-corrected chi connectivity index (χ0v) is 21.0. The van der Waals surface area contributed by atoms with Crippen LogP contribution in [0.25, 0.3) is 27.9 Å². The molecule has 182 valence electrons. The van der Waals surface area contributed by atoms with Gasteiger partial charge in [-0.1, -0.05) is 13.8 Å². The van der Waals surface area contributed by atoms with E-state index in [2.05, 4.69) is 70.9 Å². The number of aromatic amines is 1. The van der Waals surface area contributed by atoms with Gasteiger partial charge in [-0.2, -0.15) is 5.10 Å². The molecular weight excluding hydrogens is 438 g/mol. The second-order valence-corrected chi connectivity index (χ2v) is 10.9. The van der Waals surface area contributed by atoms with Gasteiger partial charge in [0.25, 0.3) is 0 Å². The molecule has 0 spiro atoms. The molecule has 0 saturated carbocycles. The molecule has 8 nitrogen and oxygen atoms in total. The van der Waals surface area contributed by atoms with Gasteiger partial charge < -0.3 is 14.6 Å². The van der Waals surface area contributed by atoms with Crippen LogP contribution in [-0.2, 0) is 4.74 Å². The van der Waals surface area contributed by atoms with Gasteiger partial charge in [0.15, 0.2) is 5.65 Å². The van der Waals surface area contributed by atoms with E-state index in [9.17, 15) is 0 Å². The lowest BCUT2D eigenvalue weighted by molar-refractivity contribution is -0.0815. The van der Waals surface area contributed by atoms with E-state index in [1.807, 2.05) is 4.52 Å². The van der Waals surface area contributed by atoms with Crippen molar-refractivity contribution in [2.75, 3.05) is 31.2 Å². The van der Waals surface area contributed by atoms with Gasteiger partial charge in [-0.3, -0.25) is 4.90 Å². The fourth-order valence-electron chi connectivity index (χ4n) is 6.53. The van der Waals surface area contributed by atoms with Gasteiger partial charge in [0, 0.05) is 42.5 Å². The molecule has 3 aliphatic rings. The van der Waals surface area contributed by atoms with Crippen molar-refractivity contribution in [2.24, 2.45) is 0 Å². The van der Waals surface area contributed by atoms with E-state index < -0.39 is 0 Å². The minimum absolute atomic E-state index is 0.333. The molecule has 1 N–H and O–H groups in total. The van der Waals surface area contributed by atoms with Crippen molar-refractivity contribution in [2.45, 2.75) is 64.6 Å². The normalized spacial score (nSPS) is 23.2. The SMILES string of the molecule is Cc1c(-c2[nH]c3ccc(N4C[C@H]5C[C@@H]4CCN5C4COC4)nc3c2C(C)C)cn2ncnc2c1C. The van der Waals surface area contributed by atoms with Crippen molar-refractivity contribution < 1.29 is 4.74 Å². The van der Waals surface area contributed by atoms with Crippen LogP contribution in [0.1, 0.15) is 49.3 Å². The van der Waals surface area contributed by atoms with E-state index in [1.54, 1.807) is 6.33 Å². The third kappa shape index (κ3) is 3.16. The summed E-state index contributed by atoms with van der Waals surface area (Å²) in [6, 6.07) is 6.26. The summed E-state index contributed by atoms with van der Waals surface area (Å²) in [6.45, 7) is 12.9. The standard InChI is InChI=1S/C27H33N7O/c1-15(2)24-25(21-11-34-27(28-14-29-34)17(4)16(21)3)30-22-5-6-23(31-26(22)24)33-10-19-9-18(33)7-8-32(19)20-12-35-13-20/h5-6,11,14-15,18-20,30H,7-10,12-13H2,1-4H3/t18-,19+/m0/s1. The number of nitrogens with one attached hydrogen (secondary N) is 1. The molecule has 7 heterocycles. The van der Waals surface area contributed by atoms with Gasteiger partial charge in [-0.05, 0) is 55.9 Å². The number of nitrogens with zero attached hydrogens (tertiary/aromatic N) is 6. The average molecular weight is 472 g/mol. The monoisotopic (exact) mass is 471 g/mol. The Kier molecular flexibility index (Phi) is 4.73. The van der Waals surface area contributed by atoms with E-state index in [0.29, 0.717) is 24.0 Å². The number of hydrogen-bond acceptors (Lipinski definition) is 6. The van der Waals surface area contributed by atoms with Crippen LogP contribution in [-0.4, -0.2) is 73.9 Å². The van der Waals surface area contributed by atoms with Crippen molar-refractivity contribution >= 4 is 22.5 Å². The number of aromatic nitrogens is 5. The van der Waals surface area contributed by atoms with Crippen LogP contribution in [0.3, 0.4) is 0 Å². The molecule has 4 aromatic rings. The van der Waals surface area contributed by atoms with Crippen molar-refractivity contribution in [1.29, 1.82) is 0 Å². The minimum atomic E-state index is 0.333. The van der Waals surface area contributed by atoms with Gasteiger partial charge >= 0.3 is 0 Å². The summed E-state index contributed by atoms with van der Waals surface area (Å²) in [5.74, 6) is 1.45. The Morgan fingerprint density at radius 2 is 1.94 bits per heavy atom. The number of likely N-dealkylation sites (tertiary alicyclic amines) is 1. The molecule has 0 radical (unpaired) electrons. The predicted molar refractivity (Wildman–Crippen MR) is 137 cm³/mol. The number of fused-ring (bicyclic) bond motifs is 4. The van der Waals surface area contributed by atoms with Crippen molar-refractivity contribution in [3.05, 3.63) is 41.3 Å². The zero-order valence-electron chi connectivity index (χ0n) is 21.0. The average Bonchev–Trinajstić information content (AvgIpc) is 3.51. The Bertz CT molecular complexity index is 1430. The highest BCUT2D eigenvalue weighted by molar-refractivity contribution is 5.90. The predicted octanol–water partition coefficient (Wildman–Crippen LogP) is 4.06. The molecule has 0 unspecified atom stereocenters. The number of ether oxygens (including phenoxy) is 1. The minimum Gasteiger partial charge on any atom is -0.378 e. The highest BCUT2D eigenvalue weighted by Crippen LogP contribution is 2.40. The first kappa shape index (κ1) is 21.3. The first-order valence-corrected chi connectivity index (χ1v) is 12.9. The second-order valence-electron chi connectivity index (χ2n) is 10.9. The van der Waals surface area contributed by atoms with Crippen LogP contribution in [0.5, 0.6) is 0 Å². The van der Waals surface area contributed by atoms with Crippen LogP contribution in [0, 0.1) is 13.8 Å². The Morgan fingerprint density at radius 3 is 2.71 bits per heavy atom. The maximum Gasteiger partial charge on any atom is 0.158 e. The maximum absolute atomic E-state index is 5.48. The Morgan fingerprint density at radius 1 is 1.09 bits per heavy atom. The Hall–Kier alpha value is -2.97. The van der Waals surface area contributed by atoms with Crippen LogP contribution < -0.4 is 4.90 Å². The van der Waals surface area contributed by atoms with Gasteiger partial charge in [-0.25, -0.2) is 14.5 Å². The molecule has 3 fully saturated rings. The van der Waals surface area contributed by atoms with E-state index in [0.717, 1.165) is 53.5 Å². The van der Waals surface area contributed by atoms with Crippen LogP contribution in [0.2, 0.25) is 0 Å². The van der Waals surface area contributed by atoms with Crippen molar-refractivity contribution in [3.8, 4) is 11.3 Å².